The third kappa shape index (κ3) is 11.9. The van der Waals surface area contributed by atoms with Crippen molar-refractivity contribution in [3.63, 3.8) is 0 Å². The molecule has 18 heteroatoms. The van der Waals surface area contributed by atoms with E-state index in [0.717, 1.165) is 55.9 Å². The summed E-state index contributed by atoms with van der Waals surface area (Å²) in [5.74, 6) is 2.17. The van der Waals surface area contributed by atoms with E-state index in [2.05, 4.69) is 285 Å². The minimum Gasteiger partial charge on any atom is -0.358 e. The second-order valence-corrected chi connectivity index (χ2v) is 23.7. The maximum absolute atomic E-state index is 4.47. The quantitative estimate of drug-likeness (QED) is 0.0807. The summed E-state index contributed by atoms with van der Waals surface area (Å²) in [5.41, 5.74) is 24.1. The minimum absolute atomic E-state index is 0. The maximum Gasteiger partial charge on any atom is 2.00 e. The average molecular weight is 1460 g/mol. The smallest absolute Gasteiger partial charge is 0.358 e. The average Bonchev–Trinajstić information content (AvgIpc) is 1.55. The van der Waals surface area contributed by atoms with Gasteiger partial charge in [0, 0.05) is 76.9 Å². The normalized spacial score (nSPS) is 11.6. The van der Waals surface area contributed by atoms with E-state index in [0.29, 0.717) is 0 Å². The van der Waals surface area contributed by atoms with Crippen molar-refractivity contribution < 1.29 is 90.4 Å². The van der Waals surface area contributed by atoms with E-state index in [4.69, 9.17) is 0 Å². The van der Waals surface area contributed by atoms with E-state index in [9.17, 15) is 0 Å². The van der Waals surface area contributed by atoms with Crippen LogP contribution in [0, 0.1) is 44.6 Å². The predicted molar refractivity (Wildman–Crippen MR) is 382 cm³/mol. The predicted octanol–water partition coefficient (Wildman–Crippen LogP) is 12.5. The molecule has 17 heterocycles. The Bertz CT molecular complexity index is 5760. The standard InChI is InChI=1S/C20H15N3.C16H13N3.C15H12N3.C15H11N3.C9H8N3.6CH3.3Zn/c1-21-11-10-13-12-22-16-8-4-5-9-17(16)23-15-7-3-2-6-14(15)19(21)18(13)20(22)23;1-17-7-6-11-10-18-8-9-19-13-5-3-2-4-12(13)15(17)14(11)16(18)19;1-2-6-13(7-3-1)17-10-14-15-12(5-4-8-16-15)9-18(14)11-17;1-2-5-11(6-3-1)13-9-17-15-14-12(10-18(13)15)7-4-8-16-14;1-2-5-11-7-12-6-4-10-9(12)8(11)3-1;;;;;;;;;/h2-11H,12H2,1H3;2-9H,10H2,1H3;1-8,10-11H,9H2;1-9H,10H2;1-6H,7H2;6*1H3;;;/q2*+2;+1;;+1;6*-1;3*+2/p+1. The van der Waals surface area contributed by atoms with Crippen LogP contribution in [0.4, 0.5) is 0 Å². The Kier molecular flexibility index (Phi) is 21.9. The number of aryl methyl sites for hydroxylation is 2. The number of hydrogen-bond donors (Lipinski definition) is 1. The number of nitrogens with one attached hydrogen (secondary N) is 1. The second kappa shape index (κ2) is 29.6. The molecule has 5 aromatic carbocycles. The van der Waals surface area contributed by atoms with Gasteiger partial charge in [0.2, 0.25) is 35.5 Å². The monoisotopic (exact) mass is 1450 g/mol. The Balaban J connectivity index is 0.000000143. The van der Waals surface area contributed by atoms with Crippen molar-refractivity contribution in [1.29, 1.82) is 0 Å². The number of aromatic nitrogens is 15. The van der Waals surface area contributed by atoms with Crippen molar-refractivity contribution in [1.82, 2.24) is 37.9 Å². The SMILES string of the molecule is C[n+]1ccc2c3c1c1ccccc1n1c4ccccc4[n+](c31)C2.C[n+]1ccc2c3c1c1ccccc1n1cc[n+](c31)C2.[CH3-].[CH3-].[CH3-].[CH3-].[CH3-].[CH3-].[Zn+2].[Zn+2].[Zn+2].c1cc[n+]2c(c1)-c1nccn1C2.c1ccc(-c2c[nH]c3[n+]2Cc2cccnc2-3)cc1.c1ccc(-n2cc3[n+](c2)Cc2cccnc2-3)cc1. The number of hydrogen-bond acceptors (Lipinski definition) is 3. The van der Waals surface area contributed by atoms with Gasteiger partial charge in [-0.15, -0.1) is 0 Å². The zero-order chi connectivity index (χ0) is 59.6. The molecule has 17 aromatic rings. The van der Waals surface area contributed by atoms with E-state index in [1.54, 1.807) is 0 Å². The molecule has 0 radical (unpaired) electrons. The van der Waals surface area contributed by atoms with Gasteiger partial charge in [0.15, 0.2) is 46.7 Å². The molecule has 0 spiro atoms. The van der Waals surface area contributed by atoms with Crippen molar-refractivity contribution in [3.8, 4) is 51.4 Å². The number of para-hydroxylation sites is 5. The molecular formula is C81H78N15Zn3+7. The number of nitrogens with zero attached hydrogens (tertiary/aromatic N) is 14. The molecule has 0 aliphatic carbocycles. The van der Waals surface area contributed by atoms with Gasteiger partial charge in [-0.2, -0.15) is 13.4 Å². The van der Waals surface area contributed by atoms with Crippen LogP contribution in [-0.4, -0.2) is 37.9 Å². The van der Waals surface area contributed by atoms with Crippen molar-refractivity contribution >= 4 is 65.9 Å². The Morgan fingerprint density at radius 2 is 1.02 bits per heavy atom. The molecule has 0 saturated carbocycles. The van der Waals surface area contributed by atoms with Crippen LogP contribution in [0.1, 0.15) is 22.3 Å². The summed E-state index contributed by atoms with van der Waals surface area (Å²) in [4.78, 5) is 16.6. The summed E-state index contributed by atoms with van der Waals surface area (Å²) >= 11 is 0. The first kappa shape index (κ1) is 73.3. The topological polar surface area (TPSA) is 100 Å². The van der Waals surface area contributed by atoms with Crippen molar-refractivity contribution in [2.75, 3.05) is 0 Å². The van der Waals surface area contributed by atoms with Gasteiger partial charge in [-0.25, -0.2) is 46.9 Å². The molecule has 0 unspecified atom stereocenters. The first-order chi connectivity index (χ1) is 44.5. The van der Waals surface area contributed by atoms with Gasteiger partial charge < -0.3 is 44.6 Å². The number of aromatic amines is 1. The first-order valence-electron chi connectivity index (χ1n) is 30.6. The molecule has 0 saturated heterocycles. The zero-order valence-corrected chi connectivity index (χ0v) is 66.6. The zero-order valence-electron chi connectivity index (χ0n) is 57.7. The summed E-state index contributed by atoms with van der Waals surface area (Å²) in [6.45, 7) is 4.65. The molecule has 1 N–H and O–H groups in total. The number of imidazole rings is 5. The molecule has 0 amide bonds. The van der Waals surface area contributed by atoms with E-state index in [1.165, 1.54) is 117 Å². The number of H-pyrrole nitrogens is 1. The Labute approximate surface area is 617 Å². The van der Waals surface area contributed by atoms with Crippen LogP contribution in [-0.2, 0) is 105 Å². The van der Waals surface area contributed by atoms with Gasteiger partial charge in [0.05, 0.1) is 10.8 Å². The third-order valence-electron chi connectivity index (χ3n) is 18.5. The molecule has 0 bridgehead atoms. The van der Waals surface area contributed by atoms with Gasteiger partial charge >= 0.3 is 75.6 Å². The van der Waals surface area contributed by atoms with Gasteiger partial charge in [-0.05, 0) is 66.7 Å². The van der Waals surface area contributed by atoms with Crippen LogP contribution in [0.2, 0.25) is 0 Å². The molecule has 0 atom stereocenters. The molecule has 15 nitrogen and oxygen atoms in total. The van der Waals surface area contributed by atoms with Gasteiger partial charge in [0.25, 0.3) is 0 Å². The van der Waals surface area contributed by atoms with Gasteiger partial charge in [0.1, 0.15) is 98.2 Å². The Morgan fingerprint density at radius 1 is 0.434 bits per heavy atom. The van der Waals surface area contributed by atoms with Crippen LogP contribution in [0.5, 0.6) is 0 Å². The first-order valence-corrected chi connectivity index (χ1v) is 30.6. The fourth-order valence-electron chi connectivity index (χ4n) is 14.5. The second-order valence-electron chi connectivity index (χ2n) is 23.7. The number of fused-ring (bicyclic) bond motifs is 18. The van der Waals surface area contributed by atoms with E-state index in [-0.39, 0.29) is 103 Å². The van der Waals surface area contributed by atoms with E-state index >= 15 is 0 Å². The molecule has 22 rings (SSSR count). The van der Waals surface area contributed by atoms with Crippen molar-refractivity contribution in [2.24, 2.45) is 14.1 Å². The van der Waals surface area contributed by atoms with Crippen LogP contribution in [0.3, 0.4) is 0 Å². The van der Waals surface area contributed by atoms with Crippen LogP contribution >= 0.6 is 0 Å². The summed E-state index contributed by atoms with van der Waals surface area (Å²) in [5, 5.41) is 5.42. The summed E-state index contributed by atoms with van der Waals surface area (Å²) < 4.78 is 25.0. The number of benzene rings is 5. The molecule has 5 aliphatic heterocycles. The minimum atomic E-state index is 0. The summed E-state index contributed by atoms with van der Waals surface area (Å²) in [7, 11) is 4.28. The van der Waals surface area contributed by atoms with Crippen LogP contribution in [0.25, 0.3) is 117 Å². The van der Waals surface area contributed by atoms with Gasteiger partial charge in [-0.1, -0.05) is 97.1 Å². The summed E-state index contributed by atoms with van der Waals surface area (Å²) in [6.07, 6.45) is 24.7. The number of rotatable bonds is 2. The third-order valence-corrected chi connectivity index (χ3v) is 18.5. The van der Waals surface area contributed by atoms with Crippen LogP contribution < -0.4 is 32.0 Å². The maximum atomic E-state index is 4.47. The van der Waals surface area contributed by atoms with E-state index in [1.807, 2.05) is 61.2 Å². The molecule has 99 heavy (non-hydrogen) atoms. The fourth-order valence-corrected chi connectivity index (χ4v) is 14.5. The largest absolute Gasteiger partial charge is 2.00 e. The number of pyridine rings is 7. The molecule has 5 aliphatic rings. The molecular weight excluding hydrogens is 1380 g/mol. The van der Waals surface area contributed by atoms with Gasteiger partial charge in [-0.3, -0.25) is 9.55 Å². The molecule has 0 fully saturated rings. The van der Waals surface area contributed by atoms with Crippen molar-refractivity contribution in [2.45, 2.75) is 32.8 Å². The fraction of sp³-hybridized carbons (Fsp3) is 0.0864. The van der Waals surface area contributed by atoms with E-state index < -0.39 is 0 Å². The Morgan fingerprint density at radius 3 is 1.75 bits per heavy atom. The molecule has 12 aromatic heterocycles. The molecule has 476 valence electrons. The van der Waals surface area contributed by atoms with Crippen molar-refractivity contribution in [3.05, 3.63) is 329 Å². The Hall–Kier alpha value is -9.97. The summed E-state index contributed by atoms with van der Waals surface area (Å²) in [6, 6.07) is 65.8. The van der Waals surface area contributed by atoms with Crippen LogP contribution in [0.15, 0.2) is 263 Å².